The SMILES string of the molecule is O=C(O)[C@H](Cc1ccccc1)N/C(=N/O)c1ccc([N+](=O)[O-])cc1F. The van der Waals surface area contributed by atoms with Crippen molar-refractivity contribution in [1.82, 2.24) is 5.32 Å². The lowest BCUT2D eigenvalue weighted by Crippen LogP contribution is -2.43. The molecular formula is C16H14FN3O5. The molecule has 0 unspecified atom stereocenters. The number of carboxylic acids is 1. The van der Waals surface area contributed by atoms with Gasteiger partial charge in [0, 0.05) is 12.5 Å². The fourth-order valence-electron chi connectivity index (χ4n) is 2.19. The summed E-state index contributed by atoms with van der Waals surface area (Å²) in [6, 6.07) is 10.2. The smallest absolute Gasteiger partial charge is 0.326 e. The molecule has 0 amide bonds. The van der Waals surface area contributed by atoms with Crippen molar-refractivity contribution in [1.29, 1.82) is 0 Å². The van der Waals surface area contributed by atoms with Gasteiger partial charge in [-0.3, -0.25) is 10.1 Å². The highest BCUT2D eigenvalue weighted by Gasteiger charge is 2.23. The summed E-state index contributed by atoms with van der Waals surface area (Å²) in [5.41, 5.74) is -0.0473. The van der Waals surface area contributed by atoms with E-state index in [1.807, 2.05) is 0 Å². The second-order valence-electron chi connectivity index (χ2n) is 5.09. The van der Waals surface area contributed by atoms with Gasteiger partial charge in [0.15, 0.2) is 5.84 Å². The van der Waals surface area contributed by atoms with Crippen LogP contribution < -0.4 is 5.32 Å². The summed E-state index contributed by atoms with van der Waals surface area (Å²) in [5, 5.41) is 34.4. The van der Waals surface area contributed by atoms with Crippen molar-refractivity contribution in [3.05, 3.63) is 75.6 Å². The zero-order chi connectivity index (χ0) is 18.4. The van der Waals surface area contributed by atoms with E-state index >= 15 is 0 Å². The first-order chi connectivity index (χ1) is 11.9. The van der Waals surface area contributed by atoms with Crippen LogP contribution in [0.25, 0.3) is 0 Å². The van der Waals surface area contributed by atoms with Gasteiger partial charge >= 0.3 is 5.97 Å². The molecule has 2 aromatic rings. The van der Waals surface area contributed by atoms with E-state index in [1.54, 1.807) is 30.3 Å². The lowest BCUT2D eigenvalue weighted by Gasteiger charge is -2.17. The summed E-state index contributed by atoms with van der Waals surface area (Å²) >= 11 is 0. The Kier molecular flexibility index (Phi) is 5.62. The standard InChI is InChI=1S/C16H14FN3O5/c17-13-9-11(20(24)25)6-7-12(13)15(19-23)18-14(16(21)22)8-10-4-2-1-3-5-10/h1-7,9,14,23H,8H2,(H,18,19)(H,21,22)/t14-/m0/s1. The monoisotopic (exact) mass is 347 g/mol. The molecular weight excluding hydrogens is 333 g/mol. The lowest BCUT2D eigenvalue weighted by molar-refractivity contribution is -0.385. The molecule has 0 bridgehead atoms. The molecule has 0 aromatic heterocycles. The molecule has 2 aromatic carbocycles. The van der Waals surface area contributed by atoms with E-state index in [9.17, 15) is 24.4 Å². The van der Waals surface area contributed by atoms with E-state index < -0.39 is 34.3 Å². The first-order valence-corrected chi connectivity index (χ1v) is 7.12. The van der Waals surface area contributed by atoms with Crippen molar-refractivity contribution >= 4 is 17.5 Å². The molecule has 2 rings (SSSR count). The second kappa shape index (κ2) is 7.86. The van der Waals surface area contributed by atoms with Gasteiger partial charge in [0.25, 0.3) is 5.69 Å². The number of oxime groups is 1. The number of non-ortho nitro benzene ring substituents is 1. The summed E-state index contributed by atoms with van der Waals surface area (Å²) in [5.74, 6) is -2.68. The number of amidine groups is 1. The minimum atomic E-state index is -1.23. The van der Waals surface area contributed by atoms with Crippen LogP contribution in [-0.4, -0.2) is 33.1 Å². The number of carbonyl (C=O) groups is 1. The van der Waals surface area contributed by atoms with Crippen LogP contribution in [0.5, 0.6) is 0 Å². The summed E-state index contributed by atoms with van der Waals surface area (Å²) < 4.78 is 14.0. The van der Waals surface area contributed by atoms with E-state index in [1.165, 1.54) is 0 Å². The molecule has 9 heteroatoms. The van der Waals surface area contributed by atoms with Crippen molar-refractivity contribution in [2.24, 2.45) is 5.16 Å². The molecule has 0 aliphatic heterocycles. The van der Waals surface area contributed by atoms with E-state index in [0.29, 0.717) is 11.6 Å². The van der Waals surface area contributed by atoms with Gasteiger partial charge in [-0.05, 0) is 11.6 Å². The number of nitro groups is 1. The van der Waals surface area contributed by atoms with Gasteiger partial charge in [-0.2, -0.15) is 0 Å². The highest BCUT2D eigenvalue weighted by atomic mass is 19.1. The minimum absolute atomic E-state index is 0.0593. The van der Waals surface area contributed by atoms with Crippen LogP contribution in [0.15, 0.2) is 53.7 Å². The van der Waals surface area contributed by atoms with E-state index in [-0.39, 0.29) is 12.0 Å². The van der Waals surface area contributed by atoms with Crippen LogP contribution in [0.2, 0.25) is 0 Å². The van der Waals surface area contributed by atoms with Crippen molar-refractivity contribution < 1.29 is 24.4 Å². The highest BCUT2D eigenvalue weighted by molar-refractivity contribution is 6.00. The largest absolute Gasteiger partial charge is 0.480 e. The Morgan fingerprint density at radius 2 is 1.96 bits per heavy atom. The molecule has 0 saturated carbocycles. The fourth-order valence-corrected chi connectivity index (χ4v) is 2.19. The number of halogens is 1. The number of rotatable bonds is 6. The molecule has 0 radical (unpaired) electrons. The maximum absolute atomic E-state index is 14.0. The lowest BCUT2D eigenvalue weighted by atomic mass is 10.1. The van der Waals surface area contributed by atoms with Crippen molar-refractivity contribution in [3.8, 4) is 0 Å². The highest BCUT2D eigenvalue weighted by Crippen LogP contribution is 2.17. The van der Waals surface area contributed by atoms with Crippen LogP contribution in [0.4, 0.5) is 10.1 Å². The maximum atomic E-state index is 14.0. The third-order valence-corrected chi connectivity index (χ3v) is 3.41. The molecule has 0 heterocycles. The maximum Gasteiger partial charge on any atom is 0.326 e. The third kappa shape index (κ3) is 4.50. The van der Waals surface area contributed by atoms with Gasteiger partial charge in [-0.15, -0.1) is 0 Å². The van der Waals surface area contributed by atoms with Gasteiger partial charge < -0.3 is 15.6 Å². The molecule has 0 spiro atoms. The van der Waals surface area contributed by atoms with Crippen molar-refractivity contribution in [2.45, 2.75) is 12.5 Å². The Morgan fingerprint density at radius 3 is 2.48 bits per heavy atom. The Morgan fingerprint density at radius 1 is 1.28 bits per heavy atom. The number of carboxylic acid groups (broad SMARTS) is 1. The van der Waals surface area contributed by atoms with E-state index in [0.717, 1.165) is 12.1 Å². The van der Waals surface area contributed by atoms with Gasteiger partial charge in [0.05, 0.1) is 16.6 Å². The van der Waals surface area contributed by atoms with Crippen LogP contribution >= 0.6 is 0 Å². The number of benzene rings is 2. The minimum Gasteiger partial charge on any atom is -0.480 e. The molecule has 3 N–H and O–H groups in total. The Hall–Kier alpha value is -3.49. The topological polar surface area (TPSA) is 125 Å². The summed E-state index contributed by atoms with van der Waals surface area (Å²) in [6.45, 7) is 0. The number of hydrogen-bond donors (Lipinski definition) is 3. The van der Waals surface area contributed by atoms with Crippen LogP contribution in [0.1, 0.15) is 11.1 Å². The quantitative estimate of drug-likeness (QED) is 0.242. The first kappa shape index (κ1) is 17.9. The van der Waals surface area contributed by atoms with Crippen LogP contribution in [0, 0.1) is 15.9 Å². The number of nitrogens with zero attached hydrogens (tertiary/aromatic N) is 2. The Balaban J connectivity index is 2.24. The number of aliphatic carboxylic acids is 1. The average molecular weight is 347 g/mol. The molecule has 0 fully saturated rings. The molecule has 130 valence electrons. The van der Waals surface area contributed by atoms with Crippen LogP contribution in [0.3, 0.4) is 0 Å². The predicted octanol–water partition coefficient (Wildman–Crippen LogP) is 2.16. The average Bonchev–Trinajstić information content (AvgIpc) is 2.59. The van der Waals surface area contributed by atoms with Gasteiger partial charge in [-0.25, -0.2) is 9.18 Å². The van der Waals surface area contributed by atoms with Crippen LogP contribution in [-0.2, 0) is 11.2 Å². The summed E-state index contributed by atoms with van der Waals surface area (Å²) in [4.78, 5) is 21.3. The molecule has 0 saturated heterocycles. The molecule has 8 nitrogen and oxygen atoms in total. The fraction of sp³-hybridized carbons (Fsp3) is 0.125. The number of nitrogens with one attached hydrogen (secondary N) is 1. The summed E-state index contributed by atoms with van der Waals surface area (Å²) in [6.07, 6.45) is 0.0593. The first-order valence-electron chi connectivity index (χ1n) is 7.12. The van der Waals surface area contributed by atoms with Crippen molar-refractivity contribution in [3.63, 3.8) is 0 Å². The predicted molar refractivity (Wildman–Crippen MR) is 86.1 cm³/mol. The van der Waals surface area contributed by atoms with Crippen molar-refractivity contribution in [2.75, 3.05) is 0 Å². The molecule has 1 atom stereocenters. The number of hydrogen-bond acceptors (Lipinski definition) is 5. The second-order valence-corrected chi connectivity index (χ2v) is 5.09. The molecule has 0 aliphatic rings. The Labute approximate surface area is 141 Å². The molecule has 25 heavy (non-hydrogen) atoms. The van der Waals surface area contributed by atoms with Gasteiger partial charge in [-0.1, -0.05) is 35.5 Å². The van der Waals surface area contributed by atoms with E-state index in [4.69, 9.17) is 5.21 Å². The molecule has 0 aliphatic carbocycles. The zero-order valence-corrected chi connectivity index (χ0v) is 12.8. The normalized spacial score (nSPS) is 12.4. The van der Waals surface area contributed by atoms with Gasteiger partial charge in [0.2, 0.25) is 0 Å². The third-order valence-electron chi connectivity index (χ3n) is 3.41. The Bertz CT molecular complexity index is 811. The summed E-state index contributed by atoms with van der Waals surface area (Å²) in [7, 11) is 0. The van der Waals surface area contributed by atoms with E-state index in [2.05, 4.69) is 10.5 Å². The number of nitro benzene ring substituents is 1. The van der Waals surface area contributed by atoms with Gasteiger partial charge in [0.1, 0.15) is 11.9 Å². The zero-order valence-electron chi connectivity index (χ0n) is 12.8.